The molecular weight excluding hydrogens is 376 g/mol. The summed E-state index contributed by atoms with van der Waals surface area (Å²) in [6.07, 6.45) is 0. The van der Waals surface area contributed by atoms with Crippen LogP contribution in [-0.4, -0.2) is 18.4 Å². The van der Waals surface area contributed by atoms with Gasteiger partial charge in [-0.25, -0.2) is 0 Å². The van der Waals surface area contributed by atoms with E-state index in [1.807, 2.05) is 43.3 Å². The molecule has 0 fully saturated rings. The Bertz CT molecular complexity index is 990. The molecule has 2 amide bonds. The number of anilines is 2. The lowest BCUT2D eigenvalue weighted by Crippen LogP contribution is -2.21. The van der Waals surface area contributed by atoms with Gasteiger partial charge in [-0.2, -0.15) is 0 Å². The molecule has 0 aromatic heterocycles. The highest BCUT2D eigenvalue weighted by Crippen LogP contribution is 2.24. The van der Waals surface area contributed by atoms with Gasteiger partial charge >= 0.3 is 0 Å². The Kier molecular flexibility index (Phi) is 6.29. The van der Waals surface area contributed by atoms with Gasteiger partial charge in [0.2, 0.25) is 0 Å². The highest BCUT2D eigenvalue weighted by Gasteiger charge is 2.12. The Balaban J connectivity index is 1.65. The molecule has 0 radical (unpaired) electrons. The predicted molar refractivity (Wildman–Crippen MR) is 111 cm³/mol. The summed E-state index contributed by atoms with van der Waals surface area (Å²) in [5.74, 6) is -0.0277. The summed E-state index contributed by atoms with van der Waals surface area (Å²) in [5, 5.41) is 5.81. The number of carbonyl (C=O) groups excluding carboxylic acids is 2. The molecule has 0 saturated carbocycles. The predicted octanol–water partition coefficient (Wildman–Crippen LogP) is 4.92. The summed E-state index contributed by atoms with van der Waals surface area (Å²) < 4.78 is 5.53. The van der Waals surface area contributed by atoms with Crippen molar-refractivity contribution in [1.29, 1.82) is 0 Å². The first-order valence-electron chi connectivity index (χ1n) is 8.67. The fourth-order valence-electron chi connectivity index (χ4n) is 2.54. The van der Waals surface area contributed by atoms with Crippen molar-refractivity contribution in [3.63, 3.8) is 0 Å². The van der Waals surface area contributed by atoms with Gasteiger partial charge in [-0.3, -0.25) is 9.59 Å². The molecule has 28 heavy (non-hydrogen) atoms. The van der Waals surface area contributed by atoms with E-state index in [-0.39, 0.29) is 18.4 Å². The van der Waals surface area contributed by atoms with Crippen molar-refractivity contribution in [2.45, 2.75) is 6.92 Å². The summed E-state index contributed by atoms with van der Waals surface area (Å²) in [6, 6.07) is 21.2. The average molecular weight is 395 g/mol. The maximum atomic E-state index is 12.4. The number of ether oxygens (including phenoxy) is 1. The minimum Gasteiger partial charge on any atom is -0.483 e. The maximum absolute atomic E-state index is 12.4. The van der Waals surface area contributed by atoms with Gasteiger partial charge in [-0.05, 0) is 48.9 Å². The van der Waals surface area contributed by atoms with Gasteiger partial charge in [0, 0.05) is 11.3 Å². The van der Waals surface area contributed by atoms with Crippen LogP contribution >= 0.6 is 11.6 Å². The van der Waals surface area contributed by atoms with Crippen LogP contribution < -0.4 is 15.4 Å². The van der Waals surface area contributed by atoms with E-state index in [9.17, 15) is 9.59 Å². The number of nitrogens with one attached hydrogen (secondary N) is 2. The molecule has 0 atom stereocenters. The van der Waals surface area contributed by atoms with E-state index in [1.165, 1.54) is 6.07 Å². The first-order chi connectivity index (χ1) is 13.5. The minimum absolute atomic E-state index is 0.165. The molecule has 0 aliphatic carbocycles. The summed E-state index contributed by atoms with van der Waals surface area (Å²) in [6.45, 7) is 1.74. The van der Waals surface area contributed by atoms with E-state index >= 15 is 0 Å². The number of halogens is 1. The molecule has 5 nitrogen and oxygen atoms in total. The van der Waals surface area contributed by atoms with Crippen LogP contribution in [0.25, 0.3) is 0 Å². The topological polar surface area (TPSA) is 67.4 Å². The third-order valence-electron chi connectivity index (χ3n) is 3.99. The molecule has 0 saturated heterocycles. The number of hydrogen-bond donors (Lipinski definition) is 2. The van der Waals surface area contributed by atoms with Crippen molar-refractivity contribution in [3.05, 3.63) is 88.9 Å². The van der Waals surface area contributed by atoms with Crippen molar-refractivity contribution < 1.29 is 14.3 Å². The Morgan fingerprint density at radius 2 is 1.64 bits per heavy atom. The van der Waals surface area contributed by atoms with E-state index in [2.05, 4.69) is 10.6 Å². The molecule has 2 N–H and O–H groups in total. The molecular formula is C22H19ClN2O3. The zero-order valence-corrected chi connectivity index (χ0v) is 16.0. The second kappa shape index (κ2) is 9.06. The molecule has 142 valence electrons. The Labute approximate surface area is 168 Å². The van der Waals surface area contributed by atoms with Crippen LogP contribution in [0.1, 0.15) is 15.9 Å². The molecule has 6 heteroatoms. The second-order valence-electron chi connectivity index (χ2n) is 6.12. The quantitative estimate of drug-likeness (QED) is 0.623. The summed E-state index contributed by atoms with van der Waals surface area (Å²) in [5.41, 5.74) is 2.34. The molecule has 0 bridgehead atoms. The molecule has 0 spiro atoms. The van der Waals surface area contributed by atoms with Crippen LogP contribution in [0.3, 0.4) is 0 Å². The van der Waals surface area contributed by atoms with Crippen molar-refractivity contribution in [2.24, 2.45) is 0 Å². The smallest absolute Gasteiger partial charge is 0.262 e. The molecule has 0 aliphatic heterocycles. The van der Waals surface area contributed by atoms with Gasteiger partial charge in [0.1, 0.15) is 5.75 Å². The van der Waals surface area contributed by atoms with Crippen LogP contribution in [-0.2, 0) is 4.79 Å². The van der Waals surface area contributed by atoms with Gasteiger partial charge in [0.25, 0.3) is 11.8 Å². The molecule has 0 unspecified atom stereocenters. The van der Waals surface area contributed by atoms with Crippen LogP contribution in [0.4, 0.5) is 11.4 Å². The van der Waals surface area contributed by atoms with Crippen LogP contribution in [0, 0.1) is 6.92 Å². The van der Waals surface area contributed by atoms with Crippen LogP contribution in [0.15, 0.2) is 72.8 Å². The lowest BCUT2D eigenvalue weighted by Gasteiger charge is -2.12. The molecule has 0 aliphatic rings. The van der Waals surface area contributed by atoms with Crippen LogP contribution in [0.2, 0.25) is 5.02 Å². The van der Waals surface area contributed by atoms with Gasteiger partial charge < -0.3 is 15.4 Å². The number of rotatable bonds is 6. The number of benzene rings is 3. The highest BCUT2D eigenvalue weighted by atomic mass is 35.5. The molecule has 3 aromatic rings. The van der Waals surface area contributed by atoms with E-state index in [4.69, 9.17) is 16.3 Å². The van der Waals surface area contributed by atoms with Crippen molar-refractivity contribution in [1.82, 2.24) is 0 Å². The molecule has 0 heterocycles. The Morgan fingerprint density at radius 3 is 2.39 bits per heavy atom. The van der Waals surface area contributed by atoms with Crippen molar-refractivity contribution in [2.75, 3.05) is 17.2 Å². The highest BCUT2D eigenvalue weighted by molar-refractivity contribution is 6.34. The van der Waals surface area contributed by atoms with Crippen LogP contribution in [0.5, 0.6) is 5.75 Å². The van der Waals surface area contributed by atoms with Gasteiger partial charge in [0.15, 0.2) is 6.61 Å². The monoisotopic (exact) mass is 394 g/mol. The first-order valence-corrected chi connectivity index (χ1v) is 9.05. The SMILES string of the molecule is Cc1ccccc1OCC(=O)Nc1cc(C(=O)Nc2ccccc2)ccc1Cl. The summed E-state index contributed by atoms with van der Waals surface area (Å²) in [4.78, 5) is 24.6. The Hall–Kier alpha value is -3.31. The number of aryl methyl sites for hydroxylation is 1. The van der Waals surface area contributed by atoms with Crippen molar-refractivity contribution >= 4 is 34.8 Å². The number of amides is 2. The fourth-order valence-corrected chi connectivity index (χ4v) is 2.70. The van der Waals surface area contributed by atoms with Gasteiger partial charge in [0.05, 0.1) is 10.7 Å². The largest absolute Gasteiger partial charge is 0.483 e. The molecule has 3 rings (SSSR count). The average Bonchev–Trinajstić information content (AvgIpc) is 2.70. The van der Waals surface area contributed by atoms with E-state index in [0.717, 1.165) is 5.56 Å². The van der Waals surface area contributed by atoms with Gasteiger partial charge in [-0.15, -0.1) is 0 Å². The summed E-state index contributed by atoms with van der Waals surface area (Å²) >= 11 is 6.16. The normalized spacial score (nSPS) is 10.2. The minimum atomic E-state index is -0.370. The fraction of sp³-hybridized carbons (Fsp3) is 0.0909. The lowest BCUT2D eigenvalue weighted by molar-refractivity contribution is -0.118. The van der Waals surface area contributed by atoms with Crippen molar-refractivity contribution in [3.8, 4) is 5.75 Å². The maximum Gasteiger partial charge on any atom is 0.262 e. The zero-order chi connectivity index (χ0) is 19.9. The van der Waals surface area contributed by atoms with E-state index < -0.39 is 0 Å². The third-order valence-corrected chi connectivity index (χ3v) is 4.32. The first kappa shape index (κ1) is 19.5. The van der Waals surface area contributed by atoms with E-state index in [1.54, 1.807) is 30.3 Å². The van der Waals surface area contributed by atoms with Gasteiger partial charge in [-0.1, -0.05) is 48.0 Å². The summed E-state index contributed by atoms with van der Waals surface area (Å²) in [7, 11) is 0. The molecule has 3 aromatic carbocycles. The number of carbonyl (C=O) groups is 2. The Morgan fingerprint density at radius 1 is 0.929 bits per heavy atom. The number of para-hydroxylation sites is 2. The zero-order valence-electron chi connectivity index (χ0n) is 15.2. The standard InChI is InChI=1S/C22H19ClN2O3/c1-15-7-5-6-10-20(15)28-14-21(26)25-19-13-16(11-12-18(19)23)22(27)24-17-8-3-2-4-9-17/h2-13H,14H2,1H3,(H,24,27)(H,25,26). The second-order valence-corrected chi connectivity index (χ2v) is 6.52. The van der Waals surface area contributed by atoms with E-state index in [0.29, 0.717) is 27.7 Å². The third kappa shape index (κ3) is 5.11. The number of hydrogen-bond acceptors (Lipinski definition) is 3. The lowest BCUT2D eigenvalue weighted by atomic mass is 10.1.